The molecule has 0 aliphatic heterocycles. The van der Waals surface area contributed by atoms with Gasteiger partial charge < -0.3 is 15.5 Å². The predicted molar refractivity (Wildman–Crippen MR) is 122 cm³/mol. The van der Waals surface area contributed by atoms with E-state index in [1.54, 1.807) is 0 Å². The molecule has 2 aromatic rings. The number of para-hydroxylation sites is 1. The smallest absolute Gasteiger partial charge is 0.191 e. The first-order chi connectivity index (χ1) is 14.3. The largest absolute Gasteiger partial charge is 0.375 e. The molecule has 2 rings (SSSR count). The number of nitrogens with zero attached hydrogens (tertiary/aromatic N) is 2. The van der Waals surface area contributed by atoms with Crippen molar-refractivity contribution in [1.82, 2.24) is 10.6 Å². The van der Waals surface area contributed by atoms with Gasteiger partial charge in [0.25, 0.3) is 0 Å². The summed E-state index contributed by atoms with van der Waals surface area (Å²) in [5.41, 5.74) is 2.31. The van der Waals surface area contributed by atoms with Crippen LogP contribution in [0.5, 0.6) is 0 Å². The van der Waals surface area contributed by atoms with Crippen LogP contribution in [-0.4, -0.2) is 47.3 Å². The Balaban J connectivity index is 1.95. The standard InChI is InChI=1S/C22H31FN4O2S/c1-4-24-22(25-13-8-14-27(2)21-9-6-5-7-10-21)26-16-19-15-20(23)12-11-18(19)17-30(3,28)29/h5-7,9-12,15H,4,8,13-14,16-17H2,1-3H3,(H2,24,25,26). The summed E-state index contributed by atoms with van der Waals surface area (Å²) >= 11 is 0. The van der Waals surface area contributed by atoms with Crippen molar-refractivity contribution < 1.29 is 12.8 Å². The van der Waals surface area contributed by atoms with Crippen LogP contribution in [0.2, 0.25) is 0 Å². The zero-order valence-electron chi connectivity index (χ0n) is 17.9. The molecule has 164 valence electrons. The van der Waals surface area contributed by atoms with E-state index in [-0.39, 0.29) is 12.3 Å². The van der Waals surface area contributed by atoms with E-state index in [1.165, 1.54) is 30.1 Å². The van der Waals surface area contributed by atoms with E-state index in [0.29, 0.717) is 23.6 Å². The summed E-state index contributed by atoms with van der Waals surface area (Å²) in [6.07, 6.45) is 2.08. The minimum Gasteiger partial charge on any atom is -0.375 e. The van der Waals surface area contributed by atoms with E-state index in [4.69, 9.17) is 0 Å². The van der Waals surface area contributed by atoms with Crippen molar-refractivity contribution in [3.8, 4) is 0 Å². The first kappa shape index (κ1) is 23.7. The number of benzene rings is 2. The number of anilines is 1. The first-order valence-corrected chi connectivity index (χ1v) is 12.1. The Morgan fingerprint density at radius 1 is 1.10 bits per heavy atom. The van der Waals surface area contributed by atoms with Gasteiger partial charge in [-0.2, -0.15) is 0 Å². The number of hydrogen-bond acceptors (Lipinski definition) is 4. The lowest BCUT2D eigenvalue weighted by Gasteiger charge is -2.19. The summed E-state index contributed by atoms with van der Waals surface area (Å²) in [5.74, 6) is 0.0854. The summed E-state index contributed by atoms with van der Waals surface area (Å²) < 4.78 is 37.0. The SMILES string of the molecule is CCNC(=NCc1cc(F)ccc1CS(C)(=O)=O)NCCCN(C)c1ccccc1. The number of halogens is 1. The maximum absolute atomic E-state index is 13.7. The van der Waals surface area contributed by atoms with E-state index < -0.39 is 15.7 Å². The average molecular weight is 435 g/mol. The second-order valence-corrected chi connectivity index (χ2v) is 9.36. The molecule has 2 N–H and O–H groups in total. The van der Waals surface area contributed by atoms with Gasteiger partial charge in [-0.25, -0.2) is 17.8 Å². The van der Waals surface area contributed by atoms with Crippen LogP contribution in [0.4, 0.5) is 10.1 Å². The maximum Gasteiger partial charge on any atom is 0.191 e. The first-order valence-electron chi connectivity index (χ1n) is 10.0. The van der Waals surface area contributed by atoms with Crippen molar-refractivity contribution in [2.45, 2.75) is 25.6 Å². The fraction of sp³-hybridized carbons (Fsp3) is 0.409. The third-order valence-electron chi connectivity index (χ3n) is 4.50. The van der Waals surface area contributed by atoms with Crippen molar-refractivity contribution in [2.75, 3.05) is 37.8 Å². The highest BCUT2D eigenvalue weighted by molar-refractivity contribution is 7.89. The molecule has 0 unspecified atom stereocenters. The Morgan fingerprint density at radius 2 is 1.83 bits per heavy atom. The van der Waals surface area contributed by atoms with Crippen LogP contribution in [0.1, 0.15) is 24.5 Å². The Labute approximate surface area is 179 Å². The highest BCUT2D eigenvalue weighted by Gasteiger charge is 2.11. The molecule has 0 saturated carbocycles. The molecule has 0 aliphatic rings. The van der Waals surface area contributed by atoms with Crippen molar-refractivity contribution in [2.24, 2.45) is 4.99 Å². The molecule has 2 aromatic carbocycles. The molecule has 0 radical (unpaired) electrons. The number of rotatable bonds is 10. The van der Waals surface area contributed by atoms with Gasteiger partial charge in [-0.3, -0.25) is 0 Å². The molecule has 0 fully saturated rings. The number of hydrogen-bond donors (Lipinski definition) is 2. The van der Waals surface area contributed by atoms with E-state index in [2.05, 4.69) is 39.7 Å². The highest BCUT2D eigenvalue weighted by atomic mass is 32.2. The Hall–Kier alpha value is -2.61. The molecule has 0 aromatic heterocycles. The predicted octanol–water partition coefficient (Wildman–Crippen LogP) is 2.95. The Kier molecular flexibility index (Phi) is 9.11. The topological polar surface area (TPSA) is 73.8 Å². The number of guanidine groups is 1. The summed E-state index contributed by atoms with van der Waals surface area (Å²) in [5, 5.41) is 6.45. The molecule has 0 spiro atoms. The van der Waals surface area contributed by atoms with Crippen molar-refractivity contribution >= 4 is 21.5 Å². The quantitative estimate of drug-likeness (QED) is 0.342. The Morgan fingerprint density at radius 3 is 2.50 bits per heavy atom. The number of nitrogens with one attached hydrogen (secondary N) is 2. The summed E-state index contributed by atoms with van der Waals surface area (Å²) in [6, 6.07) is 14.3. The lowest BCUT2D eigenvalue weighted by Crippen LogP contribution is -2.38. The van der Waals surface area contributed by atoms with Gasteiger partial charge >= 0.3 is 0 Å². The molecule has 30 heavy (non-hydrogen) atoms. The summed E-state index contributed by atoms with van der Waals surface area (Å²) in [4.78, 5) is 6.70. The molecular formula is C22H31FN4O2S. The van der Waals surface area contributed by atoms with Crippen LogP contribution in [0.15, 0.2) is 53.5 Å². The van der Waals surface area contributed by atoms with Gasteiger partial charge in [-0.05, 0) is 48.7 Å². The van der Waals surface area contributed by atoms with E-state index in [1.807, 2.05) is 25.1 Å². The number of sulfone groups is 1. The third-order valence-corrected chi connectivity index (χ3v) is 5.33. The summed E-state index contributed by atoms with van der Waals surface area (Å²) in [7, 11) is -1.16. The lowest BCUT2D eigenvalue weighted by atomic mass is 10.1. The zero-order chi connectivity index (χ0) is 22.0. The van der Waals surface area contributed by atoms with Gasteiger partial charge in [0.15, 0.2) is 15.8 Å². The molecule has 0 heterocycles. The summed E-state index contributed by atoms with van der Waals surface area (Å²) in [6.45, 7) is 4.47. The minimum atomic E-state index is -3.22. The van der Waals surface area contributed by atoms with Crippen molar-refractivity contribution in [3.05, 3.63) is 65.5 Å². The van der Waals surface area contributed by atoms with Crippen molar-refractivity contribution in [3.63, 3.8) is 0 Å². The van der Waals surface area contributed by atoms with Crippen molar-refractivity contribution in [1.29, 1.82) is 0 Å². The van der Waals surface area contributed by atoms with Gasteiger partial charge in [-0.1, -0.05) is 24.3 Å². The Bertz CT molecular complexity index is 933. The molecule has 0 amide bonds. The number of aliphatic imine (C=N–C) groups is 1. The second-order valence-electron chi connectivity index (χ2n) is 7.22. The van der Waals surface area contributed by atoms with Gasteiger partial charge in [0.05, 0.1) is 12.3 Å². The van der Waals surface area contributed by atoms with E-state index in [0.717, 1.165) is 19.5 Å². The third kappa shape index (κ3) is 8.41. The van der Waals surface area contributed by atoms with Crippen LogP contribution < -0.4 is 15.5 Å². The van der Waals surface area contributed by atoms with E-state index in [9.17, 15) is 12.8 Å². The zero-order valence-corrected chi connectivity index (χ0v) is 18.7. The monoisotopic (exact) mass is 434 g/mol. The average Bonchev–Trinajstić information content (AvgIpc) is 2.70. The molecule has 0 aliphatic carbocycles. The molecule has 6 nitrogen and oxygen atoms in total. The van der Waals surface area contributed by atoms with Gasteiger partial charge in [0, 0.05) is 38.6 Å². The minimum absolute atomic E-state index is 0.131. The molecule has 0 atom stereocenters. The van der Waals surface area contributed by atoms with Crippen LogP contribution in [0.25, 0.3) is 0 Å². The molecule has 0 saturated heterocycles. The highest BCUT2D eigenvalue weighted by Crippen LogP contribution is 2.15. The fourth-order valence-corrected chi connectivity index (χ4v) is 3.85. The van der Waals surface area contributed by atoms with Gasteiger partial charge in [0.2, 0.25) is 0 Å². The molecule has 0 bridgehead atoms. The van der Waals surface area contributed by atoms with Gasteiger partial charge in [-0.15, -0.1) is 0 Å². The van der Waals surface area contributed by atoms with Crippen LogP contribution >= 0.6 is 0 Å². The normalized spacial score (nSPS) is 11.9. The van der Waals surface area contributed by atoms with Crippen LogP contribution in [0.3, 0.4) is 0 Å². The molecular weight excluding hydrogens is 403 g/mol. The molecule has 8 heteroatoms. The van der Waals surface area contributed by atoms with Gasteiger partial charge in [0.1, 0.15) is 5.82 Å². The van der Waals surface area contributed by atoms with E-state index >= 15 is 0 Å². The fourth-order valence-electron chi connectivity index (χ4n) is 3.01. The van der Waals surface area contributed by atoms with Crippen LogP contribution in [-0.2, 0) is 22.1 Å². The lowest BCUT2D eigenvalue weighted by molar-refractivity contribution is 0.600. The second kappa shape index (κ2) is 11.5. The van der Waals surface area contributed by atoms with Crippen LogP contribution in [0, 0.1) is 5.82 Å². The maximum atomic E-state index is 13.7.